The Labute approximate surface area is 120 Å². The van der Waals surface area contributed by atoms with Gasteiger partial charge in [-0.3, -0.25) is 4.90 Å². The van der Waals surface area contributed by atoms with Crippen molar-refractivity contribution in [1.29, 1.82) is 0 Å². The SMILES string of the molecule is CNCc1nc(CN2CC(C)(C)OC(C)(C)C2)cs1. The van der Waals surface area contributed by atoms with Crippen LogP contribution in [0.4, 0.5) is 0 Å². The lowest BCUT2D eigenvalue weighted by Gasteiger charge is -2.47. The van der Waals surface area contributed by atoms with Crippen molar-refractivity contribution in [2.75, 3.05) is 20.1 Å². The molecular formula is C14H25N3OS. The number of ether oxygens (including phenoxy) is 1. The molecule has 1 aromatic heterocycles. The molecule has 19 heavy (non-hydrogen) atoms. The topological polar surface area (TPSA) is 37.4 Å². The van der Waals surface area contributed by atoms with Crippen molar-refractivity contribution in [2.24, 2.45) is 0 Å². The fourth-order valence-corrected chi connectivity index (χ4v) is 3.74. The maximum Gasteiger partial charge on any atom is 0.107 e. The smallest absolute Gasteiger partial charge is 0.107 e. The summed E-state index contributed by atoms with van der Waals surface area (Å²) in [6, 6.07) is 0. The van der Waals surface area contributed by atoms with Gasteiger partial charge in [-0.2, -0.15) is 0 Å². The second-order valence-electron chi connectivity index (χ2n) is 6.53. The van der Waals surface area contributed by atoms with Gasteiger partial charge in [-0.1, -0.05) is 0 Å². The van der Waals surface area contributed by atoms with Gasteiger partial charge < -0.3 is 10.1 Å². The van der Waals surface area contributed by atoms with Crippen molar-refractivity contribution in [3.63, 3.8) is 0 Å². The normalized spacial score (nSPS) is 22.6. The number of nitrogens with zero attached hydrogens (tertiary/aromatic N) is 2. The molecule has 2 heterocycles. The van der Waals surface area contributed by atoms with E-state index >= 15 is 0 Å². The highest BCUT2D eigenvalue weighted by molar-refractivity contribution is 7.09. The lowest BCUT2D eigenvalue weighted by Crippen LogP contribution is -2.56. The van der Waals surface area contributed by atoms with Crippen molar-refractivity contribution < 1.29 is 4.74 Å². The summed E-state index contributed by atoms with van der Waals surface area (Å²) in [5.41, 5.74) is 0.987. The van der Waals surface area contributed by atoms with E-state index in [-0.39, 0.29) is 11.2 Å². The Morgan fingerprint density at radius 3 is 2.53 bits per heavy atom. The Bertz CT molecular complexity index is 412. The summed E-state index contributed by atoms with van der Waals surface area (Å²) in [4.78, 5) is 7.11. The van der Waals surface area contributed by atoms with Crippen LogP contribution in [0.5, 0.6) is 0 Å². The van der Waals surface area contributed by atoms with Crippen LogP contribution in [0.25, 0.3) is 0 Å². The first kappa shape index (κ1) is 14.9. The first-order valence-corrected chi connectivity index (χ1v) is 7.68. The Morgan fingerprint density at radius 1 is 1.32 bits per heavy atom. The number of rotatable bonds is 4. The van der Waals surface area contributed by atoms with Crippen LogP contribution in [0.2, 0.25) is 0 Å². The largest absolute Gasteiger partial charge is 0.367 e. The molecule has 0 saturated carbocycles. The Hall–Kier alpha value is -0.490. The van der Waals surface area contributed by atoms with E-state index in [1.165, 1.54) is 5.69 Å². The molecule has 1 fully saturated rings. The van der Waals surface area contributed by atoms with Crippen LogP contribution in [0, 0.1) is 0 Å². The molecule has 4 nitrogen and oxygen atoms in total. The second kappa shape index (κ2) is 5.48. The number of thiazole rings is 1. The summed E-state index contributed by atoms with van der Waals surface area (Å²) in [7, 11) is 1.95. The van der Waals surface area contributed by atoms with E-state index < -0.39 is 0 Å². The molecule has 1 N–H and O–H groups in total. The van der Waals surface area contributed by atoms with Crippen LogP contribution in [-0.4, -0.2) is 41.2 Å². The van der Waals surface area contributed by atoms with E-state index in [9.17, 15) is 0 Å². The van der Waals surface area contributed by atoms with Crippen molar-refractivity contribution in [1.82, 2.24) is 15.2 Å². The average molecular weight is 283 g/mol. The van der Waals surface area contributed by atoms with Crippen molar-refractivity contribution in [3.8, 4) is 0 Å². The third-order valence-corrected chi connectivity index (χ3v) is 3.97. The number of hydrogen-bond donors (Lipinski definition) is 1. The first-order valence-electron chi connectivity index (χ1n) is 6.80. The molecule has 108 valence electrons. The van der Waals surface area contributed by atoms with Crippen molar-refractivity contribution >= 4 is 11.3 Å². The molecule has 0 aromatic carbocycles. The van der Waals surface area contributed by atoms with Crippen molar-refractivity contribution in [2.45, 2.75) is 52.0 Å². The molecule has 2 rings (SSSR count). The molecule has 0 radical (unpaired) electrons. The summed E-state index contributed by atoms with van der Waals surface area (Å²) in [6.07, 6.45) is 0. The van der Waals surface area contributed by atoms with Gasteiger partial charge in [0.25, 0.3) is 0 Å². The van der Waals surface area contributed by atoms with Crippen molar-refractivity contribution in [3.05, 3.63) is 16.1 Å². The summed E-state index contributed by atoms with van der Waals surface area (Å²) in [5, 5.41) is 6.47. The fourth-order valence-electron chi connectivity index (χ4n) is 2.94. The molecule has 5 heteroatoms. The molecule has 0 aliphatic carbocycles. The van der Waals surface area contributed by atoms with E-state index in [1.807, 2.05) is 7.05 Å². The van der Waals surface area contributed by atoms with Gasteiger partial charge in [-0.15, -0.1) is 11.3 Å². The Morgan fingerprint density at radius 2 is 1.95 bits per heavy atom. The quantitative estimate of drug-likeness (QED) is 0.919. The van der Waals surface area contributed by atoms with E-state index in [0.717, 1.165) is 31.2 Å². The van der Waals surface area contributed by atoms with Crippen LogP contribution in [-0.2, 0) is 17.8 Å². The monoisotopic (exact) mass is 283 g/mol. The van der Waals surface area contributed by atoms with Gasteiger partial charge in [-0.25, -0.2) is 4.98 Å². The summed E-state index contributed by atoms with van der Waals surface area (Å²) in [5.74, 6) is 0. The molecule has 1 aromatic rings. The van der Waals surface area contributed by atoms with E-state index in [4.69, 9.17) is 4.74 Å². The van der Waals surface area contributed by atoms with E-state index in [2.05, 4.69) is 48.3 Å². The van der Waals surface area contributed by atoms with Crippen LogP contribution in [0.15, 0.2) is 5.38 Å². The fraction of sp³-hybridized carbons (Fsp3) is 0.786. The van der Waals surface area contributed by atoms with Crippen LogP contribution in [0.1, 0.15) is 38.4 Å². The van der Waals surface area contributed by atoms with Gasteiger partial charge in [0.2, 0.25) is 0 Å². The predicted octanol–water partition coefficient (Wildman–Crippen LogP) is 2.25. The highest BCUT2D eigenvalue weighted by Gasteiger charge is 2.38. The number of hydrogen-bond acceptors (Lipinski definition) is 5. The van der Waals surface area contributed by atoms with Gasteiger partial charge in [-0.05, 0) is 34.7 Å². The predicted molar refractivity (Wildman–Crippen MR) is 79.4 cm³/mol. The average Bonchev–Trinajstić information content (AvgIpc) is 2.60. The molecule has 0 spiro atoms. The second-order valence-corrected chi connectivity index (χ2v) is 7.47. The first-order chi connectivity index (χ1) is 8.80. The third kappa shape index (κ3) is 4.24. The molecular weight excluding hydrogens is 258 g/mol. The van der Waals surface area contributed by atoms with E-state index in [0.29, 0.717) is 0 Å². The highest BCUT2D eigenvalue weighted by Crippen LogP contribution is 2.29. The van der Waals surface area contributed by atoms with Gasteiger partial charge >= 0.3 is 0 Å². The molecule has 0 atom stereocenters. The summed E-state index contributed by atoms with van der Waals surface area (Å²) in [6.45, 7) is 12.3. The van der Waals surface area contributed by atoms with E-state index in [1.54, 1.807) is 11.3 Å². The summed E-state index contributed by atoms with van der Waals surface area (Å²) < 4.78 is 6.10. The van der Waals surface area contributed by atoms with Gasteiger partial charge in [0.05, 0.1) is 16.9 Å². The number of nitrogens with one attached hydrogen (secondary N) is 1. The minimum atomic E-state index is -0.0917. The zero-order valence-electron chi connectivity index (χ0n) is 12.6. The lowest BCUT2D eigenvalue weighted by molar-refractivity contribution is -0.182. The molecule has 1 aliphatic heterocycles. The number of morpholine rings is 1. The highest BCUT2D eigenvalue weighted by atomic mass is 32.1. The van der Waals surface area contributed by atoms with Crippen LogP contribution >= 0.6 is 11.3 Å². The maximum absolute atomic E-state index is 6.10. The van der Waals surface area contributed by atoms with Gasteiger partial charge in [0, 0.05) is 31.6 Å². The Kier molecular flexibility index (Phi) is 4.30. The molecule has 1 saturated heterocycles. The maximum atomic E-state index is 6.10. The van der Waals surface area contributed by atoms with Crippen LogP contribution < -0.4 is 5.32 Å². The van der Waals surface area contributed by atoms with Crippen LogP contribution in [0.3, 0.4) is 0 Å². The number of aromatic nitrogens is 1. The van der Waals surface area contributed by atoms with Gasteiger partial charge in [0.1, 0.15) is 5.01 Å². The minimum absolute atomic E-state index is 0.0917. The molecule has 1 aliphatic rings. The lowest BCUT2D eigenvalue weighted by atomic mass is 9.99. The zero-order valence-corrected chi connectivity index (χ0v) is 13.4. The zero-order chi connectivity index (χ0) is 14.1. The van der Waals surface area contributed by atoms with Gasteiger partial charge in [0.15, 0.2) is 0 Å². The standard InChI is InChI=1S/C14H25N3OS/c1-13(2)9-17(10-14(3,4)18-13)7-11-8-19-12(16-11)6-15-5/h8,15H,6-7,9-10H2,1-5H3. The molecule has 0 amide bonds. The molecule has 0 unspecified atom stereocenters. The molecule has 0 bridgehead atoms. The minimum Gasteiger partial charge on any atom is -0.367 e. The summed E-state index contributed by atoms with van der Waals surface area (Å²) >= 11 is 1.73. The Balaban J connectivity index is 2.01. The third-order valence-electron chi connectivity index (χ3n) is 3.07.